The molecule has 1 N–H and O–H groups in total. The number of methoxy groups -OCH3 is 1. The van der Waals surface area contributed by atoms with Crippen molar-refractivity contribution in [2.75, 3.05) is 34.4 Å². The first-order chi connectivity index (χ1) is 7.25. The van der Waals surface area contributed by atoms with Gasteiger partial charge in [0.1, 0.15) is 5.54 Å². The normalized spacial score (nSPS) is 11.1. The first-order valence-corrected chi connectivity index (χ1v) is 4.96. The fraction of sp³-hybridized carbons (Fsp3) is 0.800. The van der Waals surface area contributed by atoms with Crippen LogP contribution in [0, 0.1) is 0 Å². The number of hydrogen-bond donors (Lipinski definition) is 1. The molecule has 0 radical (unpaired) electrons. The summed E-state index contributed by atoms with van der Waals surface area (Å²) in [7, 11) is 4.62. The molecule has 0 unspecified atom stereocenters. The Morgan fingerprint density at radius 3 is 2.19 bits per heavy atom. The lowest BCUT2D eigenvalue weighted by Crippen LogP contribution is -2.54. The van der Waals surface area contributed by atoms with Crippen LogP contribution in [0.4, 0.5) is 4.79 Å². The first kappa shape index (κ1) is 14.7. The molecule has 0 aromatic heterocycles. The molecular weight excluding hydrogens is 212 g/mol. The zero-order valence-corrected chi connectivity index (χ0v) is 10.5. The summed E-state index contributed by atoms with van der Waals surface area (Å²) in [6.45, 7) is 3.81. The maximum Gasteiger partial charge on any atom is 0.329 e. The number of carboxylic acids is 1. The third-order valence-electron chi connectivity index (χ3n) is 2.61. The number of carbonyl (C=O) groups excluding carboxylic acids is 1. The third kappa shape index (κ3) is 3.37. The lowest BCUT2D eigenvalue weighted by Gasteiger charge is -2.34. The fourth-order valence-electron chi connectivity index (χ4n) is 0.963. The second-order valence-corrected chi connectivity index (χ2v) is 4.12. The highest BCUT2D eigenvalue weighted by molar-refractivity contribution is 5.85. The average molecular weight is 232 g/mol. The summed E-state index contributed by atoms with van der Waals surface area (Å²) in [6.07, 6.45) is 0. The van der Waals surface area contributed by atoms with E-state index in [2.05, 4.69) is 0 Å². The van der Waals surface area contributed by atoms with Crippen molar-refractivity contribution in [2.24, 2.45) is 0 Å². The van der Waals surface area contributed by atoms with Crippen LogP contribution in [0.1, 0.15) is 13.8 Å². The highest BCUT2D eigenvalue weighted by atomic mass is 16.5. The Bertz CT molecular complexity index is 266. The SMILES string of the molecule is COCCN(C)C(=O)N(C)C(C)(C)C(=O)O. The Morgan fingerprint density at radius 1 is 1.31 bits per heavy atom. The van der Waals surface area contributed by atoms with E-state index in [0.717, 1.165) is 0 Å². The van der Waals surface area contributed by atoms with Crippen LogP contribution in [0.5, 0.6) is 0 Å². The number of urea groups is 1. The van der Waals surface area contributed by atoms with E-state index in [1.54, 1.807) is 14.2 Å². The number of likely N-dealkylation sites (N-methyl/N-ethyl adjacent to an activating group) is 2. The van der Waals surface area contributed by atoms with E-state index >= 15 is 0 Å². The van der Waals surface area contributed by atoms with Gasteiger partial charge in [0, 0.05) is 27.7 Å². The summed E-state index contributed by atoms with van der Waals surface area (Å²) < 4.78 is 4.85. The predicted octanol–water partition coefficient (Wildman–Crippen LogP) is 0.480. The molecule has 0 rings (SSSR count). The van der Waals surface area contributed by atoms with Gasteiger partial charge in [-0.05, 0) is 13.8 Å². The molecule has 94 valence electrons. The second-order valence-electron chi connectivity index (χ2n) is 4.12. The molecule has 0 heterocycles. The molecular formula is C10H20N2O4. The van der Waals surface area contributed by atoms with Crippen LogP contribution in [-0.2, 0) is 9.53 Å². The van der Waals surface area contributed by atoms with Crippen LogP contribution in [0.3, 0.4) is 0 Å². The second kappa shape index (κ2) is 5.69. The standard InChI is InChI=1S/C10H20N2O4/c1-10(2,8(13)14)12(4)9(15)11(3)6-7-16-5/h6-7H2,1-5H3,(H,13,14). The van der Waals surface area contributed by atoms with E-state index in [9.17, 15) is 9.59 Å². The van der Waals surface area contributed by atoms with Gasteiger partial charge in [0.05, 0.1) is 6.61 Å². The smallest absolute Gasteiger partial charge is 0.329 e. The third-order valence-corrected chi connectivity index (χ3v) is 2.61. The predicted molar refractivity (Wildman–Crippen MR) is 59.4 cm³/mol. The van der Waals surface area contributed by atoms with Crippen molar-refractivity contribution in [3.63, 3.8) is 0 Å². The number of rotatable bonds is 5. The largest absolute Gasteiger partial charge is 0.480 e. The van der Waals surface area contributed by atoms with Crippen molar-refractivity contribution in [3.8, 4) is 0 Å². The van der Waals surface area contributed by atoms with Crippen LogP contribution in [0.2, 0.25) is 0 Å². The summed E-state index contributed by atoms with van der Waals surface area (Å²) in [4.78, 5) is 25.4. The van der Waals surface area contributed by atoms with Crippen molar-refractivity contribution >= 4 is 12.0 Å². The summed E-state index contributed by atoms with van der Waals surface area (Å²) in [5.74, 6) is -1.04. The van der Waals surface area contributed by atoms with Gasteiger partial charge in [0.15, 0.2) is 0 Å². The molecule has 0 spiro atoms. The first-order valence-electron chi connectivity index (χ1n) is 4.96. The van der Waals surface area contributed by atoms with Crippen molar-refractivity contribution in [1.82, 2.24) is 9.80 Å². The molecule has 0 bridgehead atoms. The maximum absolute atomic E-state index is 11.8. The Balaban J connectivity index is 4.54. The Morgan fingerprint density at radius 2 is 1.81 bits per heavy atom. The number of aliphatic carboxylic acids is 1. The van der Waals surface area contributed by atoms with Crippen molar-refractivity contribution in [1.29, 1.82) is 0 Å². The van der Waals surface area contributed by atoms with Gasteiger partial charge in [-0.2, -0.15) is 0 Å². The molecule has 0 saturated heterocycles. The van der Waals surface area contributed by atoms with Gasteiger partial charge in [-0.3, -0.25) is 0 Å². The van der Waals surface area contributed by atoms with Gasteiger partial charge in [-0.15, -0.1) is 0 Å². The minimum atomic E-state index is -1.22. The molecule has 0 aliphatic rings. The van der Waals surface area contributed by atoms with Gasteiger partial charge < -0.3 is 19.6 Å². The maximum atomic E-state index is 11.8. The molecule has 0 saturated carbocycles. The zero-order valence-electron chi connectivity index (χ0n) is 10.5. The van der Waals surface area contributed by atoms with Gasteiger partial charge in [-0.25, -0.2) is 9.59 Å². The van der Waals surface area contributed by atoms with Crippen molar-refractivity contribution in [3.05, 3.63) is 0 Å². The quantitative estimate of drug-likeness (QED) is 0.748. The Hall–Kier alpha value is -1.30. The van der Waals surface area contributed by atoms with Crippen LogP contribution in [0.15, 0.2) is 0 Å². The lowest BCUT2D eigenvalue weighted by atomic mass is 10.0. The lowest BCUT2D eigenvalue weighted by molar-refractivity contribution is -0.147. The molecule has 0 aromatic rings. The minimum Gasteiger partial charge on any atom is -0.480 e. The van der Waals surface area contributed by atoms with E-state index in [1.165, 1.54) is 30.7 Å². The summed E-state index contributed by atoms with van der Waals surface area (Å²) >= 11 is 0. The van der Waals surface area contributed by atoms with Gasteiger partial charge in [0.2, 0.25) is 0 Å². The van der Waals surface area contributed by atoms with Crippen molar-refractivity contribution in [2.45, 2.75) is 19.4 Å². The summed E-state index contributed by atoms with van der Waals surface area (Å²) in [5, 5.41) is 8.98. The molecule has 6 nitrogen and oxygen atoms in total. The summed E-state index contributed by atoms with van der Waals surface area (Å²) in [6, 6.07) is -0.343. The number of carboxylic acid groups (broad SMARTS) is 1. The highest BCUT2D eigenvalue weighted by Crippen LogP contribution is 2.14. The fourth-order valence-corrected chi connectivity index (χ4v) is 0.963. The number of ether oxygens (including phenoxy) is 1. The molecule has 0 aromatic carbocycles. The van der Waals surface area contributed by atoms with E-state index in [-0.39, 0.29) is 6.03 Å². The van der Waals surface area contributed by atoms with E-state index in [4.69, 9.17) is 9.84 Å². The number of amides is 2. The Labute approximate surface area is 95.8 Å². The van der Waals surface area contributed by atoms with Gasteiger partial charge in [0.25, 0.3) is 0 Å². The van der Waals surface area contributed by atoms with E-state index in [0.29, 0.717) is 13.2 Å². The van der Waals surface area contributed by atoms with Crippen LogP contribution in [-0.4, -0.2) is 66.8 Å². The van der Waals surface area contributed by atoms with Crippen molar-refractivity contribution < 1.29 is 19.4 Å². The monoisotopic (exact) mass is 232 g/mol. The Kier molecular flexibility index (Phi) is 5.23. The molecule has 0 atom stereocenters. The van der Waals surface area contributed by atoms with Gasteiger partial charge >= 0.3 is 12.0 Å². The van der Waals surface area contributed by atoms with Crippen LogP contribution in [0.25, 0.3) is 0 Å². The number of carbonyl (C=O) groups is 2. The van der Waals surface area contributed by atoms with Crippen LogP contribution < -0.4 is 0 Å². The molecule has 0 aliphatic heterocycles. The van der Waals surface area contributed by atoms with Gasteiger partial charge in [-0.1, -0.05) is 0 Å². The van der Waals surface area contributed by atoms with E-state index < -0.39 is 11.5 Å². The molecule has 16 heavy (non-hydrogen) atoms. The van der Waals surface area contributed by atoms with E-state index in [1.807, 2.05) is 0 Å². The highest BCUT2D eigenvalue weighted by Gasteiger charge is 2.36. The number of nitrogens with zero attached hydrogens (tertiary/aromatic N) is 2. The minimum absolute atomic E-state index is 0.343. The average Bonchev–Trinajstić information content (AvgIpc) is 2.23. The zero-order chi connectivity index (χ0) is 12.9. The molecule has 2 amide bonds. The molecule has 0 fully saturated rings. The summed E-state index contributed by atoms with van der Waals surface area (Å²) in [5.41, 5.74) is -1.22. The molecule has 0 aliphatic carbocycles. The number of hydrogen-bond acceptors (Lipinski definition) is 3. The molecule has 6 heteroatoms. The topological polar surface area (TPSA) is 70.1 Å². The van der Waals surface area contributed by atoms with Crippen LogP contribution >= 0.6 is 0 Å².